The van der Waals surface area contributed by atoms with Crippen LogP contribution in [0.15, 0.2) is 158 Å². The zero-order valence-corrected chi connectivity index (χ0v) is 33.2. The number of aromatic nitrogens is 4. The second-order valence-electron chi connectivity index (χ2n) is 17.7. The Morgan fingerprint density at radius 1 is 0.431 bits per heavy atom. The summed E-state index contributed by atoms with van der Waals surface area (Å²) in [6.07, 6.45) is 2.34. The van der Waals surface area contributed by atoms with Gasteiger partial charge in [-0.3, -0.25) is 4.57 Å². The summed E-state index contributed by atoms with van der Waals surface area (Å²) in [4.78, 5) is 11.0. The summed E-state index contributed by atoms with van der Waals surface area (Å²) in [6.45, 7) is 9.71. The molecule has 0 atom stereocenters. The number of benzene rings is 8. The number of fused-ring (bicyclic) bond motifs is 11. The predicted octanol–water partition coefficient (Wildman–Crippen LogP) is 14.1. The molecule has 0 spiro atoms. The van der Waals surface area contributed by atoms with E-state index >= 15 is 0 Å². The molecule has 11 aromatic rings. The molecular formula is C54H42N4. The van der Waals surface area contributed by atoms with Crippen molar-refractivity contribution >= 4 is 76.2 Å². The zero-order chi connectivity index (χ0) is 38.9. The van der Waals surface area contributed by atoms with Gasteiger partial charge in [0.25, 0.3) is 0 Å². The van der Waals surface area contributed by atoms with Crippen molar-refractivity contribution < 1.29 is 0 Å². The highest BCUT2D eigenvalue weighted by atomic mass is 15.1. The quantitative estimate of drug-likeness (QED) is 0.180. The van der Waals surface area contributed by atoms with Crippen molar-refractivity contribution in [3.8, 4) is 22.8 Å². The Balaban J connectivity index is 1.27. The first kappa shape index (κ1) is 33.4. The lowest BCUT2D eigenvalue weighted by Crippen LogP contribution is -2.33. The minimum absolute atomic E-state index is 0.0847. The molecule has 0 bridgehead atoms. The first-order valence-corrected chi connectivity index (χ1v) is 20.5. The SMILES string of the molecule is CC1(C)CCC(C)(C)c2cc3c(cc21)c1cc2c4c5ccccc5ccc4n(-c4nc5ccccc5nc4-c4ccc5ccccc5c4)c2cc1n3-c1ccccc1. The molecule has 3 aromatic heterocycles. The summed E-state index contributed by atoms with van der Waals surface area (Å²) in [5.41, 5.74) is 12.6. The Morgan fingerprint density at radius 2 is 1.03 bits per heavy atom. The molecule has 278 valence electrons. The van der Waals surface area contributed by atoms with Gasteiger partial charge < -0.3 is 4.57 Å². The van der Waals surface area contributed by atoms with E-state index in [-0.39, 0.29) is 10.8 Å². The van der Waals surface area contributed by atoms with Crippen LogP contribution in [0.25, 0.3) is 99.0 Å². The Labute approximate surface area is 337 Å². The Morgan fingerprint density at radius 3 is 1.83 bits per heavy atom. The van der Waals surface area contributed by atoms with Gasteiger partial charge in [-0.25, -0.2) is 9.97 Å². The maximum Gasteiger partial charge on any atom is 0.165 e. The van der Waals surface area contributed by atoms with E-state index in [9.17, 15) is 0 Å². The number of hydrogen-bond donors (Lipinski definition) is 0. The van der Waals surface area contributed by atoms with Crippen molar-refractivity contribution in [3.05, 3.63) is 169 Å². The summed E-state index contributed by atoms with van der Waals surface area (Å²) in [5.74, 6) is 0.824. The van der Waals surface area contributed by atoms with Crippen molar-refractivity contribution in [1.82, 2.24) is 19.1 Å². The zero-order valence-electron chi connectivity index (χ0n) is 33.2. The lowest BCUT2D eigenvalue weighted by molar-refractivity contribution is 0.332. The smallest absolute Gasteiger partial charge is 0.165 e. The minimum atomic E-state index is 0.0847. The van der Waals surface area contributed by atoms with Crippen LogP contribution >= 0.6 is 0 Å². The number of hydrogen-bond acceptors (Lipinski definition) is 2. The average molecular weight is 747 g/mol. The lowest BCUT2D eigenvalue weighted by atomic mass is 9.63. The highest BCUT2D eigenvalue weighted by molar-refractivity contribution is 6.25. The van der Waals surface area contributed by atoms with Crippen LogP contribution in [0.5, 0.6) is 0 Å². The van der Waals surface area contributed by atoms with E-state index in [0.29, 0.717) is 0 Å². The van der Waals surface area contributed by atoms with Crippen LogP contribution in [0.1, 0.15) is 51.7 Å². The van der Waals surface area contributed by atoms with Gasteiger partial charge in [-0.2, -0.15) is 0 Å². The van der Waals surface area contributed by atoms with E-state index in [0.717, 1.165) is 44.8 Å². The molecule has 3 heterocycles. The Hall–Kier alpha value is -6.78. The highest BCUT2D eigenvalue weighted by Gasteiger charge is 2.38. The van der Waals surface area contributed by atoms with Gasteiger partial charge >= 0.3 is 0 Å². The Bertz CT molecular complexity index is 3510. The first-order valence-electron chi connectivity index (χ1n) is 20.5. The molecule has 0 fully saturated rings. The molecule has 0 radical (unpaired) electrons. The van der Waals surface area contributed by atoms with Crippen LogP contribution in [0.2, 0.25) is 0 Å². The minimum Gasteiger partial charge on any atom is -0.309 e. The summed E-state index contributed by atoms with van der Waals surface area (Å²) in [7, 11) is 0. The highest BCUT2D eigenvalue weighted by Crippen LogP contribution is 2.50. The predicted molar refractivity (Wildman–Crippen MR) is 244 cm³/mol. The van der Waals surface area contributed by atoms with E-state index in [1.807, 2.05) is 6.07 Å². The molecule has 0 saturated heterocycles. The fourth-order valence-corrected chi connectivity index (χ4v) is 10.1. The molecular weight excluding hydrogens is 705 g/mol. The van der Waals surface area contributed by atoms with Crippen LogP contribution < -0.4 is 0 Å². The van der Waals surface area contributed by atoms with Crippen molar-refractivity contribution in [1.29, 1.82) is 0 Å². The topological polar surface area (TPSA) is 35.6 Å². The molecule has 58 heavy (non-hydrogen) atoms. The fraction of sp³-hybridized carbons (Fsp3) is 0.148. The molecule has 0 amide bonds. The van der Waals surface area contributed by atoms with Gasteiger partial charge in [-0.05, 0) is 117 Å². The lowest BCUT2D eigenvalue weighted by Gasteiger charge is -2.42. The van der Waals surface area contributed by atoms with Crippen molar-refractivity contribution in [3.63, 3.8) is 0 Å². The average Bonchev–Trinajstić information content (AvgIpc) is 3.75. The summed E-state index contributed by atoms with van der Waals surface area (Å²) < 4.78 is 4.89. The maximum atomic E-state index is 5.54. The molecule has 1 aliphatic carbocycles. The van der Waals surface area contributed by atoms with E-state index in [1.165, 1.54) is 78.1 Å². The largest absolute Gasteiger partial charge is 0.309 e. The van der Waals surface area contributed by atoms with Crippen molar-refractivity contribution in [2.24, 2.45) is 0 Å². The molecule has 8 aromatic carbocycles. The van der Waals surface area contributed by atoms with Gasteiger partial charge in [0.1, 0.15) is 5.69 Å². The van der Waals surface area contributed by atoms with Crippen LogP contribution in [-0.4, -0.2) is 19.1 Å². The number of rotatable bonds is 3. The second-order valence-corrected chi connectivity index (χ2v) is 17.7. The van der Waals surface area contributed by atoms with Gasteiger partial charge in [0.2, 0.25) is 0 Å². The van der Waals surface area contributed by atoms with Gasteiger partial charge in [-0.1, -0.05) is 125 Å². The molecule has 4 heteroatoms. The molecule has 12 rings (SSSR count). The van der Waals surface area contributed by atoms with Crippen molar-refractivity contribution in [2.45, 2.75) is 51.4 Å². The first-order chi connectivity index (χ1) is 28.2. The van der Waals surface area contributed by atoms with Crippen LogP contribution in [-0.2, 0) is 10.8 Å². The van der Waals surface area contributed by atoms with E-state index in [1.54, 1.807) is 0 Å². The van der Waals surface area contributed by atoms with Gasteiger partial charge in [0.05, 0.1) is 33.1 Å². The monoisotopic (exact) mass is 746 g/mol. The van der Waals surface area contributed by atoms with Gasteiger partial charge in [0, 0.05) is 32.8 Å². The van der Waals surface area contributed by atoms with Gasteiger partial charge in [0.15, 0.2) is 5.82 Å². The molecule has 0 aliphatic heterocycles. The van der Waals surface area contributed by atoms with Crippen molar-refractivity contribution in [2.75, 3.05) is 0 Å². The third-order valence-electron chi connectivity index (χ3n) is 13.3. The molecule has 0 unspecified atom stereocenters. The van der Waals surface area contributed by atoms with Crippen LogP contribution in [0.3, 0.4) is 0 Å². The number of nitrogens with zero attached hydrogens (tertiary/aromatic N) is 4. The summed E-state index contributed by atoms with van der Waals surface area (Å²) in [5, 5.41) is 9.84. The maximum absolute atomic E-state index is 5.54. The van der Waals surface area contributed by atoms with Crippen LogP contribution in [0, 0.1) is 0 Å². The normalized spacial score (nSPS) is 15.0. The molecule has 0 N–H and O–H groups in total. The van der Waals surface area contributed by atoms with E-state index in [4.69, 9.17) is 9.97 Å². The standard InChI is InChI=1S/C54H42N4/c1-53(2)26-27-54(3,4)43-31-47-40(30-42(43)53)39-29-41-49(32-48(39)57(47)37-17-6-5-7-18-37)58(46-25-24-34-15-10-11-19-38(34)50(41)46)52-51(55-44-20-12-13-21-45(44)56-52)36-23-22-33-14-8-9-16-35(33)28-36/h5-25,28-32H,26-27H2,1-4H3. The fourth-order valence-electron chi connectivity index (χ4n) is 10.1. The molecule has 0 saturated carbocycles. The number of para-hydroxylation sites is 3. The third kappa shape index (κ3) is 4.75. The Kier molecular flexibility index (Phi) is 6.83. The van der Waals surface area contributed by atoms with E-state index < -0.39 is 0 Å². The molecule has 4 nitrogen and oxygen atoms in total. The van der Waals surface area contributed by atoms with Crippen LogP contribution in [0.4, 0.5) is 0 Å². The van der Waals surface area contributed by atoms with E-state index in [2.05, 4.69) is 188 Å². The third-order valence-corrected chi connectivity index (χ3v) is 13.3. The molecule has 1 aliphatic rings. The second kappa shape index (κ2) is 11.9. The summed E-state index contributed by atoms with van der Waals surface area (Å²) in [6, 6.07) is 57.7. The summed E-state index contributed by atoms with van der Waals surface area (Å²) >= 11 is 0. The van der Waals surface area contributed by atoms with Gasteiger partial charge in [-0.15, -0.1) is 0 Å².